The van der Waals surface area contributed by atoms with Crippen LogP contribution in [0.4, 0.5) is 5.82 Å². The molecular weight excluding hydrogens is 409 g/mol. The van der Waals surface area contributed by atoms with E-state index in [9.17, 15) is 15.3 Å². The number of rotatable bonds is 5. The minimum absolute atomic E-state index is 0.410. The first-order chi connectivity index (χ1) is 13.5. The Hall–Kier alpha value is -2.01. The predicted octanol–water partition coefficient (Wildman–Crippen LogP) is 1.36. The number of benzene rings is 1. The first kappa shape index (κ1) is 19.3. The Morgan fingerprint density at radius 1 is 1.07 bits per heavy atom. The van der Waals surface area contributed by atoms with Gasteiger partial charge in [-0.2, -0.15) is 0 Å². The summed E-state index contributed by atoms with van der Waals surface area (Å²) in [7, 11) is 0. The lowest BCUT2D eigenvalue weighted by atomic mass is 10.1. The van der Waals surface area contributed by atoms with Gasteiger partial charge in [0.05, 0.1) is 12.9 Å². The number of hydrogen-bond donors (Lipinski definition) is 4. The third kappa shape index (κ3) is 3.52. The van der Waals surface area contributed by atoms with Crippen LogP contribution in [0.15, 0.2) is 30.9 Å². The van der Waals surface area contributed by atoms with Crippen molar-refractivity contribution in [3.63, 3.8) is 0 Å². The molecule has 0 spiro atoms. The average molecular weight is 426 g/mol. The van der Waals surface area contributed by atoms with Gasteiger partial charge in [0.25, 0.3) is 0 Å². The fourth-order valence-electron chi connectivity index (χ4n) is 3.18. The molecule has 0 radical (unpaired) electrons. The zero-order valence-corrected chi connectivity index (χ0v) is 15.9. The molecule has 1 aromatic carbocycles. The summed E-state index contributed by atoms with van der Waals surface area (Å²) in [6.45, 7) is -0.00154. The molecule has 148 valence electrons. The molecule has 0 amide bonds. The summed E-state index contributed by atoms with van der Waals surface area (Å²) >= 11 is 12.0. The maximum atomic E-state index is 10.2. The van der Waals surface area contributed by atoms with E-state index < -0.39 is 31.1 Å². The van der Waals surface area contributed by atoms with Crippen molar-refractivity contribution in [1.29, 1.82) is 0 Å². The highest BCUT2D eigenvalue weighted by atomic mass is 35.5. The number of nitrogens with one attached hydrogen (secondary N) is 1. The molecule has 3 heterocycles. The highest BCUT2D eigenvalue weighted by Gasteiger charge is 2.44. The normalized spacial score (nSPS) is 24.8. The summed E-state index contributed by atoms with van der Waals surface area (Å²) in [6.07, 6.45) is -1.44. The van der Waals surface area contributed by atoms with E-state index in [0.29, 0.717) is 33.6 Å². The summed E-state index contributed by atoms with van der Waals surface area (Å²) in [4.78, 5) is 12.7. The second-order valence-electron chi connectivity index (χ2n) is 6.41. The fraction of sp³-hybridized carbons (Fsp3) is 0.353. The van der Waals surface area contributed by atoms with Gasteiger partial charge in [-0.05, 0) is 23.8 Å². The van der Waals surface area contributed by atoms with Crippen LogP contribution in [0.2, 0.25) is 10.0 Å². The number of fused-ring (bicyclic) bond motifs is 1. The predicted molar refractivity (Wildman–Crippen MR) is 102 cm³/mol. The van der Waals surface area contributed by atoms with Gasteiger partial charge in [-0.1, -0.05) is 23.2 Å². The van der Waals surface area contributed by atoms with Crippen LogP contribution in [0.5, 0.6) is 0 Å². The molecule has 4 rings (SSSR count). The molecule has 9 nitrogen and oxygen atoms in total. The van der Waals surface area contributed by atoms with Crippen LogP contribution < -0.4 is 5.32 Å². The molecule has 0 aliphatic carbocycles. The van der Waals surface area contributed by atoms with Crippen molar-refractivity contribution in [1.82, 2.24) is 19.5 Å². The number of nitrogens with zero attached hydrogens (tertiary/aromatic N) is 4. The van der Waals surface area contributed by atoms with Crippen molar-refractivity contribution in [3.8, 4) is 0 Å². The minimum Gasteiger partial charge on any atom is -0.394 e. The summed E-state index contributed by atoms with van der Waals surface area (Å²) in [5.41, 5.74) is 1.75. The van der Waals surface area contributed by atoms with E-state index in [1.165, 1.54) is 17.2 Å². The van der Waals surface area contributed by atoms with Gasteiger partial charge in [0.2, 0.25) is 0 Å². The Labute approximate surface area is 169 Å². The van der Waals surface area contributed by atoms with Crippen molar-refractivity contribution in [2.45, 2.75) is 31.1 Å². The Morgan fingerprint density at radius 3 is 2.50 bits per heavy atom. The number of aliphatic hydroxyl groups is 3. The van der Waals surface area contributed by atoms with E-state index in [1.54, 1.807) is 18.2 Å². The van der Waals surface area contributed by atoms with Gasteiger partial charge in [-0.15, -0.1) is 0 Å². The Balaban J connectivity index is 1.60. The molecule has 3 aromatic rings. The largest absolute Gasteiger partial charge is 0.394 e. The molecule has 4 unspecified atom stereocenters. The number of imidazole rings is 1. The number of aromatic nitrogens is 4. The van der Waals surface area contributed by atoms with Gasteiger partial charge in [-0.25, -0.2) is 15.0 Å². The maximum absolute atomic E-state index is 10.2. The van der Waals surface area contributed by atoms with E-state index in [4.69, 9.17) is 27.9 Å². The van der Waals surface area contributed by atoms with Gasteiger partial charge in [-0.3, -0.25) is 4.57 Å². The van der Waals surface area contributed by atoms with Crippen LogP contribution in [0.3, 0.4) is 0 Å². The molecule has 1 saturated heterocycles. The molecule has 2 aromatic heterocycles. The van der Waals surface area contributed by atoms with Crippen LogP contribution >= 0.6 is 23.2 Å². The highest BCUT2D eigenvalue weighted by molar-refractivity contribution is 6.34. The first-order valence-corrected chi connectivity index (χ1v) is 9.22. The summed E-state index contributed by atoms with van der Waals surface area (Å²) < 4.78 is 7.05. The fourth-order valence-corrected chi connectivity index (χ4v) is 3.75. The SMILES string of the molecule is OCC1OC(n2cnc3c(NCc4cc(Cl)cc(Cl)c4)ncnc32)C(O)C1O. The number of halogens is 2. The smallest absolute Gasteiger partial charge is 0.167 e. The number of ether oxygens (including phenoxy) is 1. The molecular formula is C17H17Cl2N5O4. The number of aliphatic hydroxyl groups excluding tert-OH is 3. The molecule has 4 N–H and O–H groups in total. The second kappa shape index (κ2) is 7.78. The van der Waals surface area contributed by atoms with Crippen LogP contribution in [-0.4, -0.2) is 59.8 Å². The van der Waals surface area contributed by atoms with E-state index in [1.807, 2.05) is 0 Å². The van der Waals surface area contributed by atoms with Crippen molar-refractivity contribution in [3.05, 3.63) is 46.5 Å². The molecule has 0 saturated carbocycles. The summed E-state index contributed by atoms with van der Waals surface area (Å²) in [5, 5.41) is 33.7. The lowest BCUT2D eigenvalue weighted by molar-refractivity contribution is -0.0511. The van der Waals surface area contributed by atoms with Crippen LogP contribution in [0.25, 0.3) is 11.2 Å². The number of hydrogen-bond acceptors (Lipinski definition) is 8. The van der Waals surface area contributed by atoms with Crippen LogP contribution in [0.1, 0.15) is 11.8 Å². The topological polar surface area (TPSA) is 126 Å². The van der Waals surface area contributed by atoms with Gasteiger partial charge < -0.3 is 25.4 Å². The average Bonchev–Trinajstić information content (AvgIpc) is 3.21. The van der Waals surface area contributed by atoms with Crippen molar-refractivity contribution in [2.24, 2.45) is 0 Å². The van der Waals surface area contributed by atoms with Crippen molar-refractivity contribution in [2.75, 3.05) is 11.9 Å². The zero-order chi connectivity index (χ0) is 19.8. The van der Waals surface area contributed by atoms with Crippen LogP contribution in [-0.2, 0) is 11.3 Å². The highest BCUT2D eigenvalue weighted by Crippen LogP contribution is 2.32. The Morgan fingerprint density at radius 2 is 1.82 bits per heavy atom. The zero-order valence-electron chi connectivity index (χ0n) is 14.4. The summed E-state index contributed by atoms with van der Waals surface area (Å²) in [6, 6.07) is 5.23. The molecule has 4 atom stereocenters. The second-order valence-corrected chi connectivity index (χ2v) is 7.28. The molecule has 1 aliphatic rings. The Bertz CT molecular complexity index is 981. The molecule has 1 aliphatic heterocycles. The van der Waals surface area contributed by atoms with E-state index in [2.05, 4.69) is 20.3 Å². The monoisotopic (exact) mass is 425 g/mol. The number of anilines is 1. The quantitative estimate of drug-likeness (QED) is 0.482. The van der Waals surface area contributed by atoms with Gasteiger partial charge in [0.15, 0.2) is 23.2 Å². The van der Waals surface area contributed by atoms with Crippen molar-refractivity contribution < 1.29 is 20.1 Å². The van der Waals surface area contributed by atoms with Gasteiger partial charge in [0, 0.05) is 16.6 Å². The van der Waals surface area contributed by atoms with E-state index in [-0.39, 0.29) is 0 Å². The third-order valence-corrected chi connectivity index (χ3v) is 4.97. The Kier molecular flexibility index (Phi) is 5.37. The lowest BCUT2D eigenvalue weighted by Gasteiger charge is -2.16. The minimum atomic E-state index is -1.23. The van der Waals surface area contributed by atoms with Gasteiger partial charge in [0.1, 0.15) is 24.6 Å². The van der Waals surface area contributed by atoms with Gasteiger partial charge >= 0.3 is 0 Å². The standard InChI is InChI=1S/C17H17Cl2N5O4/c18-9-1-8(2-10(19)3-9)4-20-15-12-16(22-6-21-15)24(7-23-12)17-14(27)13(26)11(5-25)28-17/h1-3,6-7,11,13-14,17,25-27H,4-5H2,(H,20,21,22). The molecule has 1 fully saturated rings. The maximum Gasteiger partial charge on any atom is 0.167 e. The molecule has 0 bridgehead atoms. The first-order valence-electron chi connectivity index (χ1n) is 8.46. The molecule has 28 heavy (non-hydrogen) atoms. The van der Waals surface area contributed by atoms with Crippen molar-refractivity contribution >= 4 is 40.2 Å². The molecule has 11 heteroatoms. The van der Waals surface area contributed by atoms with E-state index >= 15 is 0 Å². The third-order valence-electron chi connectivity index (χ3n) is 4.53. The summed E-state index contributed by atoms with van der Waals surface area (Å²) in [5.74, 6) is 0.478. The van der Waals surface area contributed by atoms with E-state index in [0.717, 1.165) is 5.56 Å². The van der Waals surface area contributed by atoms with Crippen LogP contribution in [0, 0.1) is 0 Å². The lowest BCUT2D eigenvalue weighted by Crippen LogP contribution is -2.33.